The fraction of sp³-hybridized carbons (Fsp3) is 0.125. The summed E-state index contributed by atoms with van der Waals surface area (Å²) in [5, 5.41) is 6.37. The summed E-state index contributed by atoms with van der Waals surface area (Å²) in [6.45, 7) is 4.12. The summed E-state index contributed by atoms with van der Waals surface area (Å²) in [5.41, 5.74) is 6.28. The van der Waals surface area contributed by atoms with Crippen molar-refractivity contribution in [3.8, 4) is 5.75 Å². The quantitative estimate of drug-likeness (QED) is 0.359. The van der Waals surface area contributed by atoms with Gasteiger partial charge in [-0.05, 0) is 73.0 Å². The molecular formula is C24H22FN3O3. The first-order valence-electron chi connectivity index (χ1n) is 9.59. The summed E-state index contributed by atoms with van der Waals surface area (Å²) < 4.78 is 18.6. The van der Waals surface area contributed by atoms with Crippen molar-refractivity contribution in [2.45, 2.75) is 20.5 Å². The van der Waals surface area contributed by atoms with Gasteiger partial charge in [0.2, 0.25) is 0 Å². The van der Waals surface area contributed by atoms with Crippen molar-refractivity contribution in [3.63, 3.8) is 0 Å². The van der Waals surface area contributed by atoms with E-state index in [4.69, 9.17) is 4.74 Å². The van der Waals surface area contributed by atoms with Crippen LogP contribution >= 0.6 is 0 Å². The number of hydrogen-bond acceptors (Lipinski definition) is 4. The first kappa shape index (κ1) is 21.7. The Hall–Kier alpha value is -4.00. The Morgan fingerprint density at radius 1 is 0.968 bits per heavy atom. The average molecular weight is 419 g/mol. The van der Waals surface area contributed by atoms with E-state index < -0.39 is 11.8 Å². The zero-order valence-corrected chi connectivity index (χ0v) is 17.2. The lowest BCUT2D eigenvalue weighted by atomic mass is 10.1. The third-order valence-corrected chi connectivity index (χ3v) is 4.41. The van der Waals surface area contributed by atoms with Crippen molar-refractivity contribution in [3.05, 3.63) is 94.8 Å². The highest BCUT2D eigenvalue weighted by atomic mass is 19.1. The lowest BCUT2D eigenvalue weighted by Crippen LogP contribution is -2.32. The summed E-state index contributed by atoms with van der Waals surface area (Å²) in [4.78, 5) is 23.9. The Balaban J connectivity index is 1.48. The van der Waals surface area contributed by atoms with Crippen LogP contribution in [0.2, 0.25) is 0 Å². The number of nitrogens with one attached hydrogen (secondary N) is 2. The molecule has 3 rings (SSSR count). The molecule has 0 aliphatic heterocycles. The number of carbonyl (C=O) groups is 2. The molecule has 0 aromatic heterocycles. The van der Waals surface area contributed by atoms with Crippen LogP contribution in [0.25, 0.3) is 0 Å². The number of amides is 2. The van der Waals surface area contributed by atoms with Crippen LogP contribution in [0.3, 0.4) is 0 Å². The molecule has 0 saturated heterocycles. The molecule has 0 unspecified atom stereocenters. The highest BCUT2D eigenvalue weighted by molar-refractivity contribution is 6.39. The van der Waals surface area contributed by atoms with Gasteiger partial charge in [-0.2, -0.15) is 5.10 Å². The van der Waals surface area contributed by atoms with Crippen LogP contribution in [0.1, 0.15) is 22.3 Å². The van der Waals surface area contributed by atoms with E-state index in [1.165, 1.54) is 18.3 Å². The predicted octanol–water partition coefficient (Wildman–Crippen LogP) is 4.11. The Morgan fingerprint density at radius 3 is 2.35 bits per heavy atom. The number of nitrogens with zero attached hydrogens (tertiary/aromatic N) is 1. The molecule has 31 heavy (non-hydrogen) atoms. The van der Waals surface area contributed by atoms with E-state index in [1.807, 2.05) is 26.0 Å². The lowest BCUT2D eigenvalue weighted by molar-refractivity contribution is -0.136. The number of ether oxygens (including phenoxy) is 1. The van der Waals surface area contributed by atoms with E-state index in [1.54, 1.807) is 42.5 Å². The zero-order chi connectivity index (χ0) is 22.2. The molecule has 0 aliphatic carbocycles. The molecule has 3 aromatic rings. The maximum absolute atomic E-state index is 12.9. The van der Waals surface area contributed by atoms with E-state index in [0.717, 1.165) is 16.7 Å². The zero-order valence-electron chi connectivity index (χ0n) is 17.2. The molecule has 0 aliphatic rings. The first-order chi connectivity index (χ1) is 14.9. The van der Waals surface area contributed by atoms with Gasteiger partial charge in [0.15, 0.2) is 0 Å². The molecule has 7 heteroatoms. The molecule has 2 N–H and O–H groups in total. The van der Waals surface area contributed by atoms with E-state index in [2.05, 4.69) is 15.8 Å². The molecule has 6 nitrogen and oxygen atoms in total. The second-order valence-corrected chi connectivity index (χ2v) is 6.96. The summed E-state index contributed by atoms with van der Waals surface area (Å²) in [5.74, 6) is -1.32. The fourth-order valence-corrected chi connectivity index (χ4v) is 2.75. The first-order valence-corrected chi connectivity index (χ1v) is 9.59. The number of anilines is 1. The second kappa shape index (κ2) is 10.2. The summed E-state index contributed by atoms with van der Waals surface area (Å²) >= 11 is 0. The van der Waals surface area contributed by atoms with Gasteiger partial charge in [0.05, 0.1) is 6.21 Å². The van der Waals surface area contributed by atoms with Gasteiger partial charge >= 0.3 is 11.8 Å². The van der Waals surface area contributed by atoms with Gasteiger partial charge in [-0.1, -0.05) is 29.8 Å². The minimum absolute atomic E-state index is 0.290. The van der Waals surface area contributed by atoms with Gasteiger partial charge in [-0.15, -0.1) is 0 Å². The van der Waals surface area contributed by atoms with Crippen molar-refractivity contribution in [2.24, 2.45) is 5.10 Å². The Kier molecular flexibility index (Phi) is 7.11. The topological polar surface area (TPSA) is 79.8 Å². The number of hydrazone groups is 1. The van der Waals surface area contributed by atoms with E-state index in [-0.39, 0.29) is 5.82 Å². The number of carbonyl (C=O) groups excluding carboxylic acids is 2. The monoisotopic (exact) mass is 419 g/mol. The largest absolute Gasteiger partial charge is 0.489 e. The number of rotatable bonds is 6. The Bertz CT molecular complexity index is 1090. The third-order valence-electron chi connectivity index (χ3n) is 4.41. The van der Waals surface area contributed by atoms with Crippen molar-refractivity contribution in [1.82, 2.24) is 5.43 Å². The van der Waals surface area contributed by atoms with Crippen LogP contribution in [0.4, 0.5) is 10.1 Å². The van der Waals surface area contributed by atoms with Gasteiger partial charge in [-0.3, -0.25) is 9.59 Å². The molecule has 0 saturated carbocycles. The minimum Gasteiger partial charge on any atom is -0.489 e. The van der Waals surface area contributed by atoms with Gasteiger partial charge in [0.1, 0.15) is 18.2 Å². The normalized spacial score (nSPS) is 10.7. The molecule has 0 bridgehead atoms. The van der Waals surface area contributed by atoms with Gasteiger partial charge in [0.25, 0.3) is 0 Å². The average Bonchev–Trinajstić information content (AvgIpc) is 2.76. The number of hydrogen-bond donors (Lipinski definition) is 2. The molecular weight excluding hydrogens is 397 g/mol. The van der Waals surface area contributed by atoms with E-state index in [0.29, 0.717) is 23.6 Å². The van der Waals surface area contributed by atoms with Crippen LogP contribution in [-0.4, -0.2) is 18.0 Å². The number of benzene rings is 3. The molecule has 158 valence electrons. The van der Waals surface area contributed by atoms with E-state index >= 15 is 0 Å². The SMILES string of the molecule is Cc1ccc(NC(=O)C(=O)NN=Cc2ccc(OCc3ccc(F)cc3)cc2)c(C)c1. The maximum atomic E-state index is 12.9. The molecule has 0 radical (unpaired) electrons. The third kappa shape index (κ3) is 6.50. The molecule has 0 heterocycles. The summed E-state index contributed by atoms with van der Waals surface area (Å²) in [7, 11) is 0. The second-order valence-electron chi connectivity index (χ2n) is 6.96. The highest BCUT2D eigenvalue weighted by Crippen LogP contribution is 2.16. The molecule has 0 fully saturated rings. The van der Waals surface area contributed by atoms with Crippen molar-refractivity contribution in [2.75, 3.05) is 5.32 Å². The highest BCUT2D eigenvalue weighted by Gasteiger charge is 2.13. The number of aryl methyl sites for hydroxylation is 2. The molecule has 3 aromatic carbocycles. The standard InChI is InChI=1S/C24H22FN3O3/c1-16-3-12-22(17(2)13-16)27-23(29)24(30)28-26-14-18-6-10-21(11-7-18)31-15-19-4-8-20(25)9-5-19/h3-14H,15H2,1-2H3,(H,27,29)(H,28,30). The summed E-state index contributed by atoms with van der Waals surface area (Å²) in [6.07, 6.45) is 1.42. The van der Waals surface area contributed by atoms with Gasteiger partial charge in [0, 0.05) is 5.69 Å². The van der Waals surface area contributed by atoms with Crippen LogP contribution in [0, 0.1) is 19.7 Å². The van der Waals surface area contributed by atoms with Gasteiger partial charge in [-0.25, -0.2) is 9.82 Å². The number of halogens is 1. The van der Waals surface area contributed by atoms with E-state index in [9.17, 15) is 14.0 Å². The smallest absolute Gasteiger partial charge is 0.329 e. The van der Waals surface area contributed by atoms with Crippen molar-refractivity contribution < 1.29 is 18.7 Å². The Morgan fingerprint density at radius 2 is 1.68 bits per heavy atom. The van der Waals surface area contributed by atoms with Crippen LogP contribution in [0.15, 0.2) is 71.8 Å². The fourth-order valence-electron chi connectivity index (χ4n) is 2.75. The van der Waals surface area contributed by atoms with Crippen molar-refractivity contribution in [1.29, 1.82) is 0 Å². The van der Waals surface area contributed by atoms with Crippen LogP contribution in [-0.2, 0) is 16.2 Å². The van der Waals surface area contributed by atoms with Gasteiger partial charge < -0.3 is 10.1 Å². The predicted molar refractivity (Wildman–Crippen MR) is 117 cm³/mol. The van der Waals surface area contributed by atoms with Crippen LogP contribution in [0.5, 0.6) is 5.75 Å². The molecule has 2 amide bonds. The minimum atomic E-state index is -0.865. The van der Waals surface area contributed by atoms with Crippen LogP contribution < -0.4 is 15.5 Å². The molecule has 0 atom stereocenters. The Labute approximate surface area is 179 Å². The molecule has 0 spiro atoms. The lowest BCUT2D eigenvalue weighted by Gasteiger charge is -2.08. The summed E-state index contributed by atoms with van der Waals surface area (Å²) in [6, 6.07) is 18.6. The van der Waals surface area contributed by atoms with Crippen molar-refractivity contribution >= 4 is 23.7 Å². The maximum Gasteiger partial charge on any atom is 0.329 e.